The standard InChI is InChI=1S/C41H32O6S/c1-27-3-10-31(11-4-27)38-24-9-30(26-39(38)48(44,45)46)25-29-7-14-33(15-8-29)41(43)35-18-22-37(23-19-35)47-36-20-16-34(17-21-36)40(42)32-12-5-28(2)6-13-32/h3-24,26H,25H2,1-2H3,(H,44,45,46). The highest BCUT2D eigenvalue weighted by molar-refractivity contribution is 7.86. The molecule has 0 amide bonds. The minimum absolute atomic E-state index is 0.0590. The first kappa shape index (κ1) is 32.3. The fraction of sp³-hybridized carbons (Fsp3) is 0.0732. The van der Waals surface area contributed by atoms with E-state index in [0.717, 1.165) is 16.7 Å². The number of carbonyl (C=O) groups is 2. The van der Waals surface area contributed by atoms with Gasteiger partial charge in [-0.2, -0.15) is 8.42 Å². The van der Waals surface area contributed by atoms with E-state index in [1.165, 1.54) is 6.07 Å². The molecular weight excluding hydrogens is 621 g/mol. The van der Waals surface area contributed by atoms with Crippen LogP contribution in [0, 0.1) is 13.8 Å². The van der Waals surface area contributed by atoms with Crippen LogP contribution in [0.4, 0.5) is 0 Å². The summed E-state index contributed by atoms with van der Waals surface area (Å²) in [6, 6.07) is 40.9. The van der Waals surface area contributed by atoms with Gasteiger partial charge in [-0.1, -0.05) is 96.1 Å². The second-order valence-electron chi connectivity index (χ2n) is 11.7. The van der Waals surface area contributed by atoms with Crippen molar-refractivity contribution in [3.63, 3.8) is 0 Å². The predicted octanol–water partition coefficient (Wildman–Crippen LogP) is 9.06. The van der Waals surface area contributed by atoms with E-state index in [4.69, 9.17) is 4.74 Å². The highest BCUT2D eigenvalue weighted by Gasteiger charge is 2.18. The maximum Gasteiger partial charge on any atom is 0.295 e. The van der Waals surface area contributed by atoms with Crippen LogP contribution in [-0.4, -0.2) is 24.5 Å². The summed E-state index contributed by atoms with van der Waals surface area (Å²) in [4.78, 5) is 25.8. The van der Waals surface area contributed by atoms with E-state index in [0.29, 0.717) is 56.9 Å². The molecule has 6 nitrogen and oxygen atoms in total. The molecule has 0 bridgehead atoms. The zero-order valence-corrected chi connectivity index (χ0v) is 27.2. The molecule has 0 radical (unpaired) electrons. The average molecular weight is 653 g/mol. The molecule has 0 spiro atoms. The lowest BCUT2D eigenvalue weighted by molar-refractivity contribution is 0.103. The molecule has 6 aromatic carbocycles. The first-order valence-electron chi connectivity index (χ1n) is 15.3. The Kier molecular flexibility index (Phi) is 9.17. The number of rotatable bonds is 10. The lowest BCUT2D eigenvalue weighted by atomic mass is 9.97. The van der Waals surface area contributed by atoms with Crippen LogP contribution in [0.5, 0.6) is 11.5 Å². The molecule has 48 heavy (non-hydrogen) atoms. The van der Waals surface area contributed by atoms with Crippen molar-refractivity contribution < 1.29 is 27.3 Å². The summed E-state index contributed by atoms with van der Waals surface area (Å²) in [7, 11) is -4.46. The van der Waals surface area contributed by atoms with Gasteiger partial charge in [-0.25, -0.2) is 0 Å². The molecule has 1 N–H and O–H groups in total. The van der Waals surface area contributed by atoms with Crippen LogP contribution in [0.15, 0.2) is 144 Å². The SMILES string of the molecule is Cc1ccc(C(=O)c2ccc(Oc3ccc(C(=O)c4ccc(Cc5ccc(-c6ccc(C)cc6)c(S(=O)(=O)O)c5)cc4)cc3)cc2)cc1. The van der Waals surface area contributed by atoms with Gasteiger partial charge in [0, 0.05) is 27.8 Å². The Labute approximate surface area is 280 Å². The Morgan fingerprint density at radius 1 is 0.542 bits per heavy atom. The Balaban J connectivity index is 1.10. The van der Waals surface area contributed by atoms with E-state index in [1.54, 1.807) is 66.7 Å². The number of carbonyl (C=O) groups excluding carboxylic acids is 2. The number of ether oxygens (including phenoxy) is 1. The number of hydrogen-bond donors (Lipinski definition) is 1. The monoisotopic (exact) mass is 652 g/mol. The third-order valence-electron chi connectivity index (χ3n) is 8.09. The largest absolute Gasteiger partial charge is 0.457 e. The van der Waals surface area contributed by atoms with Crippen molar-refractivity contribution in [2.75, 3.05) is 0 Å². The molecule has 0 atom stereocenters. The van der Waals surface area contributed by atoms with Gasteiger partial charge in [-0.15, -0.1) is 0 Å². The number of benzene rings is 6. The minimum Gasteiger partial charge on any atom is -0.457 e. The van der Waals surface area contributed by atoms with Gasteiger partial charge in [-0.05, 0) is 91.6 Å². The summed E-state index contributed by atoms with van der Waals surface area (Å²) >= 11 is 0. The van der Waals surface area contributed by atoms with Crippen molar-refractivity contribution in [1.29, 1.82) is 0 Å². The van der Waals surface area contributed by atoms with Crippen molar-refractivity contribution in [2.45, 2.75) is 25.2 Å². The maximum atomic E-state index is 13.2. The van der Waals surface area contributed by atoms with E-state index in [9.17, 15) is 22.6 Å². The third-order valence-corrected chi connectivity index (χ3v) is 8.99. The van der Waals surface area contributed by atoms with Gasteiger partial charge >= 0.3 is 0 Å². The summed E-state index contributed by atoms with van der Waals surface area (Å²) in [5, 5.41) is 0. The number of hydrogen-bond acceptors (Lipinski definition) is 5. The quantitative estimate of drug-likeness (QED) is 0.117. The fourth-order valence-corrected chi connectivity index (χ4v) is 6.16. The number of aryl methyl sites for hydroxylation is 2. The van der Waals surface area contributed by atoms with E-state index >= 15 is 0 Å². The molecular formula is C41H32O6S. The molecule has 0 aliphatic carbocycles. The molecule has 6 aromatic rings. The topological polar surface area (TPSA) is 97.7 Å². The Morgan fingerprint density at radius 2 is 0.938 bits per heavy atom. The van der Waals surface area contributed by atoms with E-state index in [-0.39, 0.29) is 16.5 Å². The Hall–Kier alpha value is -5.63. The predicted molar refractivity (Wildman–Crippen MR) is 187 cm³/mol. The van der Waals surface area contributed by atoms with Crippen LogP contribution < -0.4 is 4.74 Å². The highest BCUT2D eigenvalue weighted by atomic mass is 32.2. The van der Waals surface area contributed by atoms with Crippen LogP contribution in [0.3, 0.4) is 0 Å². The molecule has 0 heterocycles. The number of ketones is 2. The summed E-state index contributed by atoms with van der Waals surface area (Å²) in [6.45, 7) is 3.92. The molecule has 0 unspecified atom stereocenters. The van der Waals surface area contributed by atoms with Crippen molar-refractivity contribution >= 4 is 21.7 Å². The van der Waals surface area contributed by atoms with Crippen molar-refractivity contribution in [1.82, 2.24) is 0 Å². The maximum absolute atomic E-state index is 13.2. The first-order valence-corrected chi connectivity index (χ1v) is 16.8. The molecule has 0 aromatic heterocycles. The molecule has 238 valence electrons. The normalized spacial score (nSPS) is 11.2. The van der Waals surface area contributed by atoms with Crippen LogP contribution in [0.1, 0.15) is 54.1 Å². The molecule has 0 fully saturated rings. The van der Waals surface area contributed by atoms with Crippen LogP contribution in [0.25, 0.3) is 11.1 Å². The van der Waals surface area contributed by atoms with Crippen molar-refractivity contribution in [3.8, 4) is 22.6 Å². The smallest absolute Gasteiger partial charge is 0.295 e. The lowest BCUT2D eigenvalue weighted by Crippen LogP contribution is -2.03. The molecule has 0 aliphatic heterocycles. The van der Waals surface area contributed by atoms with Gasteiger partial charge in [0.25, 0.3) is 10.1 Å². The molecule has 0 aliphatic rings. The zero-order valence-electron chi connectivity index (χ0n) is 26.4. The van der Waals surface area contributed by atoms with E-state index in [2.05, 4.69) is 0 Å². The van der Waals surface area contributed by atoms with Gasteiger partial charge in [0.1, 0.15) is 16.4 Å². The minimum atomic E-state index is -4.46. The second-order valence-corrected chi connectivity index (χ2v) is 13.1. The third kappa shape index (κ3) is 7.50. The molecule has 0 saturated heterocycles. The summed E-state index contributed by atoms with van der Waals surface area (Å²) in [5.74, 6) is 0.912. The molecule has 0 saturated carbocycles. The van der Waals surface area contributed by atoms with Crippen molar-refractivity contribution in [2.24, 2.45) is 0 Å². The fourth-order valence-electron chi connectivity index (χ4n) is 5.39. The van der Waals surface area contributed by atoms with Crippen LogP contribution in [0.2, 0.25) is 0 Å². The summed E-state index contributed by atoms with van der Waals surface area (Å²) in [6.07, 6.45) is 0.415. The van der Waals surface area contributed by atoms with Gasteiger partial charge in [-0.3, -0.25) is 14.1 Å². The van der Waals surface area contributed by atoms with Gasteiger partial charge in [0.15, 0.2) is 11.6 Å². The van der Waals surface area contributed by atoms with Gasteiger partial charge in [0.05, 0.1) is 0 Å². The second kappa shape index (κ2) is 13.6. The van der Waals surface area contributed by atoms with Crippen LogP contribution in [-0.2, 0) is 16.5 Å². The Bertz CT molecular complexity index is 2200. The summed E-state index contributed by atoms with van der Waals surface area (Å²) < 4.78 is 40.4. The lowest BCUT2D eigenvalue weighted by Gasteiger charge is -2.11. The summed E-state index contributed by atoms with van der Waals surface area (Å²) in [5.41, 5.74) is 7.06. The highest BCUT2D eigenvalue weighted by Crippen LogP contribution is 2.30. The Morgan fingerprint density at radius 3 is 1.40 bits per heavy atom. The average Bonchev–Trinajstić information content (AvgIpc) is 3.09. The molecule has 7 heteroatoms. The first-order chi connectivity index (χ1) is 23.0. The van der Waals surface area contributed by atoms with Gasteiger partial charge < -0.3 is 4.74 Å². The zero-order chi connectivity index (χ0) is 33.8. The van der Waals surface area contributed by atoms with Crippen LogP contribution >= 0.6 is 0 Å². The van der Waals surface area contributed by atoms with E-state index in [1.807, 2.05) is 80.6 Å². The molecule has 6 rings (SSSR count). The van der Waals surface area contributed by atoms with Crippen molar-refractivity contribution in [3.05, 3.63) is 184 Å². The van der Waals surface area contributed by atoms with Gasteiger partial charge in [0.2, 0.25) is 0 Å². The van der Waals surface area contributed by atoms with E-state index < -0.39 is 10.1 Å².